The largest absolute Gasteiger partial charge is 0.503 e. The Labute approximate surface area is 172 Å². The van der Waals surface area contributed by atoms with E-state index in [1.807, 2.05) is 18.2 Å². The number of benzene rings is 3. The molecular weight excluding hydrogens is 388 g/mol. The van der Waals surface area contributed by atoms with Crippen LogP contribution in [0.15, 0.2) is 78.6 Å². The Balaban J connectivity index is 1.79. The highest BCUT2D eigenvalue weighted by molar-refractivity contribution is 6.05. The lowest BCUT2D eigenvalue weighted by molar-refractivity contribution is -0.130. The lowest BCUT2D eigenvalue weighted by Gasteiger charge is -2.27. The minimum Gasteiger partial charge on any atom is -0.503 e. The van der Waals surface area contributed by atoms with Gasteiger partial charge in [0, 0.05) is 12.1 Å². The van der Waals surface area contributed by atoms with Crippen LogP contribution < -0.4 is 4.74 Å². The van der Waals surface area contributed by atoms with Gasteiger partial charge >= 0.3 is 0 Å². The second kappa shape index (κ2) is 7.99. The van der Waals surface area contributed by atoms with Crippen LogP contribution in [-0.2, 0) is 11.3 Å². The molecule has 1 amide bonds. The highest BCUT2D eigenvalue weighted by Gasteiger charge is 2.41. The molecule has 0 fully saturated rings. The monoisotopic (exact) mass is 407 g/mol. The predicted octanol–water partition coefficient (Wildman–Crippen LogP) is 5.03. The molecule has 0 saturated heterocycles. The number of ether oxygens (including phenoxy) is 1. The quantitative estimate of drug-likeness (QED) is 0.646. The number of aliphatic hydroxyl groups excluding tert-OH is 1. The van der Waals surface area contributed by atoms with Crippen molar-refractivity contribution in [3.8, 4) is 5.75 Å². The van der Waals surface area contributed by atoms with E-state index in [2.05, 4.69) is 0 Å². The Kier molecular flexibility index (Phi) is 5.23. The highest BCUT2D eigenvalue weighted by atomic mass is 19.1. The molecule has 4 rings (SSSR count). The molecule has 0 bridgehead atoms. The van der Waals surface area contributed by atoms with Gasteiger partial charge < -0.3 is 14.7 Å². The number of aliphatic hydroxyl groups is 1. The van der Waals surface area contributed by atoms with Crippen LogP contribution in [0.25, 0.3) is 5.57 Å². The maximum atomic E-state index is 13.5. The molecule has 0 aromatic heterocycles. The molecule has 0 unspecified atom stereocenters. The summed E-state index contributed by atoms with van der Waals surface area (Å²) >= 11 is 0. The van der Waals surface area contributed by atoms with Crippen molar-refractivity contribution in [2.45, 2.75) is 12.6 Å². The fraction of sp³-hybridized carbons (Fsp3) is 0.125. The van der Waals surface area contributed by atoms with Crippen LogP contribution in [0.2, 0.25) is 0 Å². The summed E-state index contributed by atoms with van der Waals surface area (Å²) in [4.78, 5) is 14.5. The molecule has 0 radical (unpaired) electrons. The first kappa shape index (κ1) is 19.6. The Morgan fingerprint density at radius 1 is 0.967 bits per heavy atom. The van der Waals surface area contributed by atoms with Crippen molar-refractivity contribution in [2.75, 3.05) is 7.11 Å². The summed E-state index contributed by atoms with van der Waals surface area (Å²) in [6.07, 6.45) is 0. The molecule has 3 aromatic rings. The van der Waals surface area contributed by atoms with Crippen molar-refractivity contribution in [1.29, 1.82) is 0 Å². The van der Waals surface area contributed by atoms with Crippen LogP contribution >= 0.6 is 0 Å². The molecule has 1 N–H and O–H groups in total. The van der Waals surface area contributed by atoms with E-state index < -0.39 is 29.3 Å². The molecular formula is C24H19F2NO3. The van der Waals surface area contributed by atoms with Gasteiger partial charge in [0.2, 0.25) is 0 Å². The third kappa shape index (κ3) is 3.64. The highest BCUT2D eigenvalue weighted by Crippen LogP contribution is 2.43. The summed E-state index contributed by atoms with van der Waals surface area (Å²) in [5.74, 6) is -1.13. The normalized spacial score (nSPS) is 16.3. The van der Waals surface area contributed by atoms with E-state index in [4.69, 9.17) is 4.74 Å². The van der Waals surface area contributed by atoms with Crippen LogP contribution in [0.5, 0.6) is 5.75 Å². The summed E-state index contributed by atoms with van der Waals surface area (Å²) in [5.41, 5.74) is 2.32. The van der Waals surface area contributed by atoms with Crippen molar-refractivity contribution in [3.05, 3.63) is 107 Å². The van der Waals surface area contributed by atoms with Crippen molar-refractivity contribution in [2.24, 2.45) is 0 Å². The standard InChI is InChI=1S/C24H19F2NO3/c1-30-20-4-2-3-15(13-20)14-27-22(17-7-11-19(26)12-8-17)21(23(28)24(27)29)16-5-9-18(25)10-6-16/h2-13,22,28H,14H2,1H3/t22-/m1/s1. The molecule has 1 atom stereocenters. The van der Waals surface area contributed by atoms with Crippen molar-refractivity contribution in [1.82, 2.24) is 4.90 Å². The average Bonchev–Trinajstić information content (AvgIpc) is 3.00. The Bertz CT molecular complexity index is 1110. The van der Waals surface area contributed by atoms with Crippen LogP contribution in [0, 0.1) is 11.6 Å². The molecule has 1 aliphatic rings. The lowest BCUT2D eigenvalue weighted by atomic mass is 9.93. The van der Waals surface area contributed by atoms with Crippen LogP contribution in [0.3, 0.4) is 0 Å². The number of hydrogen-bond donors (Lipinski definition) is 1. The van der Waals surface area contributed by atoms with Gasteiger partial charge in [-0.2, -0.15) is 0 Å². The zero-order chi connectivity index (χ0) is 21.3. The van der Waals surface area contributed by atoms with E-state index in [1.54, 1.807) is 25.3 Å². The summed E-state index contributed by atoms with van der Waals surface area (Å²) in [5, 5.41) is 10.7. The Morgan fingerprint density at radius 2 is 1.60 bits per heavy atom. The minimum absolute atomic E-state index is 0.201. The topological polar surface area (TPSA) is 49.8 Å². The summed E-state index contributed by atoms with van der Waals surface area (Å²) in [6.45, 7) is 0.201. The number of methoxy groups -OCH3 is 1. The average molecular weight is 407 g/mol. The number of halogens is 2. The summed E-state index contributed by atoms with van der Waals surface area (Å²) in [7, 11) is 1.56. The molecule has 1 aliphatic heterocycles. The maximum absolute atomic E-state index is 13.5. The fourth-order valence-corrected chi connectivity index (χ4v) is 3.70. The second-order valence-corrected chi connectivity index (χ2v) is 7.01. The number of carbonyl (C=O) groups excluding carboxylic acids is 1. The minimum atomic E-state index is -0.658. The van der Waals surface area contributed by atoms with Crippen molar-refractivity contribution in [3.63, 3.8) is 0 Å². The molecule has 1 heterocycles. The molecule has 6 heteroatoms. The summed E-state index contributed by atoms with van der Waals surface area (Å²) in [6, 6.07) is 18.0. The molecule has 4 nitrogen and oxygen atoms in total. The smallest absolute Gasteiger partial charge is 0.290 e. The van der Waals surface area contributed by atoms with Gasteiger partial charge in [0.15, 0.2) is 5.76 Å². The zero-order valence-electron chi connectivity index (χ0n) is 16.2. The second-order valence-electron chi connectivity index (χ2n) is 7.01. The van der Waals surface area contributed by atoms with E-state index in [0.29, 0.717) is 22.4 Å². The van der Waals surface area contributed by atoms with Gasteiger partial charge in [-0.05, 0) is 53.1 Å². The number of rotatable bonds is 5. The number of nitrogens with zero attached hydrogens (tertiary/aromatic N) is 1. The first-order chi connectivity index (χ1) is 14.5. The number of hydrogen-bond acceptors (Lipinski definition) is 3. The van der Waals surface area contributed by atoms with Gasteiger partial charge in [0.1, 0.15) is 17.4 Å². The third-order valence-electron chi connectivity index (χ3n) is 5.13. The molecule has 152 valence electrons. The zero-order valence-corrected chi connectivity index (χ0v) is 16.2. The Hall–Kier alpha value is -3.67. The van der Waals surface area contributed by atoms with Crippen LogP contribution in [0.4, 0.5) is 8.78 Å². The number of amides is 1. The van der Waals surface area contributed by atoms with E-state index in [-0.39, 0.29) is 6.54 Å². The van der Waals surface area contributed by atoms with E-state index in [0.717, 1.165) is 5.56 Å². The van der Waals surface area contributed by atoms with Gasteiger partial charge in [0.05, 0.1) is 13.2 Å². The van der Waals surface area contributed by atoms with Gasteiger partial charge in [0.25, 0.3) is 5.91 Å². The fourth-order valence-electron chi connectivity index (χ4n) is 3.70. The predicted molar refractivity (Wildman–Crippen MR) is 109 cm³/mol. The number of carbonyl (C=O) groups is 1. The maximum Gasteiger partial charge on any atom is 0.290 e. The lowest BCUT2D eigenvalue weighted by Crippen LogP contribution is -2.29. The summed E-state index contributed by atoms with van der Waals surface area (Å²) < 4.78 is 32.2. The van der Waals surface area contributed by atoms with E-state index in [9.17, 15) is 18.7 Å². The van der Waals surface area contributed by atoms with Gasteiger partial charge in [-0.25, -0.2) is 8.78 Å². The van der Waals surface area contributed by atoms with Crippen LogP contribution in [-0.4, -0.2) is 23.0 Å². The third-order valence-corrected chi connectivity index (χ3v) is 5.13. The molecule has 30 heavy (non-hydrogen) atoms. The first-order valence-electron chi connectivity index (χ1n) is 9.36. The van der Waals surface area contributed by atoms with Gasteiger partial charge in [-0.3, -0.25) is 4.79 Å². The van der Waals surface area contributed by atoms with Crippen molar-refractivity contribution >= 4 is 11.5 Å². The molecule has 3 aromatic carbocycles. The van der Waals surface area contributed by atoms with Crippen molar-refractivity contribution < 1.29 is 23.4 Å². The SMILES string of the molecule is COc1cccc(CN2C(=O)C(O)=C(c3ccc(F)cc3)[C@H]2c2ccc(F)cc2)c1. The van der Waals surface area contributed by atoms with Crippen LogP contribution in [0.1, 0.15) is 22.7 Å². The molecule has 0 spiro atoms. The molecule has 0 aliphatic carbocycles. The van der Waals surface area contributed by atoms with Gasteiger partial charge in [-0.1, -0.05) is 36.4 Å². The van der Waals surface area contributed by atoms with E-state index in [1.165, 1.54) is 41.3 Å². The van der Waals surface area contributed by atoms with E-state index >= 15 is 0 Å². The Morgan fingerprint density at radius 3 is 2.23 bits per heavy atom. The van der Waals surface area contributed by atoms with Gasteiger partial charge in [-0.15, -0.1) is 0 Å². The molecule has 0 saturated carbocycles. The first-order valence-corrected chi connectivity index (χ1v) is 9.36.